The Bertz CT molecular complexity index is 344. The monoisotopic (exact) mass is 270 g/mol. The zero-order chi connectivity index (χ0) is 12.5. The largest absolute Gasteiger partial charge is 0.271 e. The maximum atomic E-state index is 5.93. The molecule has 17 heavy (non-hydrogen) atoms. The van der Waals surface area contributed by atoms with E-state index in [1.807, 2.05) is 24.3 Å². The molecule has 2 nitrogen and oxygen atoms in total. The first-order chi connectivity index (χ1) is 8.26. The van der Waals surface area contributed by atoms with Gasteiger partial charge in [-0.05, 0) is 37.5 Å². The van der Waals surface area contributed by atoms with E-state index < -0.39 is 0 Å². The lowest BCUT2D eigenvalue weighted by atomic mass is 10.1. The standard InChI is InChI=1S/C13H19ClN2S/c1-2-3-4-7-12(16-15)10-17-13-8-5-6-11(14)9-13/h2,5-6,8-9,12,16H,1,3-4,7,10,15H2. The second-order valence-corrected chi connectivity index (χ2v) is 5.38. The van der Waals surface area contributed by atoms with Crippen molar-refractivity contribution in [1.29, 1.82) is 0 Å². The van der Waals surface area contributed by atoms with Crippen molar-refractivity contribution >= 4 is 23.4 Å². The van der Waals surface area contributed by atoms with Crippen LogP contribution in [0.25, 0.3) is 0 Å². The van der Waals surface area contributed by atoms with Crippen LogP contribution in [0.5, 0.6) is 0 Å². The second kappa shape index (κ2) is 8.59. The molecular formula is C13H19ClN2S. The van der Waals surface area contributed by atoms with Crippen LogP contribution in [-0.4, -0.2) is 11.8 Å². The number of allylic oxidation sites excluding steroid dienone is 1. The van der Waals surface area contributed by atoms with E-state index >= 15 is 0 Å². The van der Waals surface area contributed by atoms with Crippen LogP contribution in [0.15, 0.2) is 41.8 Å². The number of rotatable bonds is 8. The Morgan fingerprint density at radius 3 is 3.00 bits per heavy atom. The Labute approximate surface area is 113 Å². The van der Waals surface area contributed by atoms with Crippen LogP contribution in [0.2, 0.25) is 5.02 Å². The predicted molar refractivity (Wildman–Crippen MR) is 77.3 cm³/mol. The number of nitrogens with one attached hydrogen (secondary N) is 1. The van der Waals surface area contributed by atoms with Gasteiger partial charge in [-0.1, -0.05) is 23.7 Å². The van der Waals surface area contributed by atoms with Crippen molar-refractivity contribution < 1.29 is 0 Å². The average molecular weight is 271 g/mol. The second-order valence-electron chi connectivity index (χ2n) is 3.85. The first-order valence-corrected chi connectivity index (χ1v) is 7.08. The highest BCUT2D eigenvalue weighted by molar-refractivity contribution is 7.99. The fourth-order valence-electron chi connectivity index (χ4n) is 1.48. The molecule has 0 bridgehead atoms. The Balaban J connectivity index is 2.34. The minimum Gasteiger partial charge on any atom is -0.271 e. The lowest BCUT2D eigenvalue weighted by Crippen LogP contribution is -2.36. The molecule has 0 saturated carbocycles. The van der Waals surface area contributed by atoms with Gasteiger partial charge in [-0.15, -0.1) is 18.3 Å². The summed E-state index contributed by atoms with van der Waals surface area (Å²) in [5.41, 5.74) is 2.86. The summed E-state index contributed by atoms with van der Waals surface area (Å²) in [4.78, 5) is 1.18. The third-order valence-corrected chi connectivity index (χ3v) is 3.84. The van der Waals surface area contributed by atoms with Gasteiger partial charge in [0, 0.05) is 21.7 Å². The van der Waals surface area contributed by atoms with E-state index in [4.69, 9.17) is 17.4 Å². The highest BCUT2D eigenvalue weighted by Crippen LogP contribution is 2.22. The van der Waals surface area contributed by atoms with E-state index in [0.717, 1.165) is 30.0 Å². The van der Waals surface area contributed by atoms with Gasteiger partial charge < -0.3 is 0 Å². The minimum absolute atomic E-state index is 0.332. The van der Waals surface area contributed by atoms with Crippen molar-refractivity contribution in [2.75, 3.05) is 5.75 Å². The van der Waals surface area contributed by atoms with Gasteiger partial charge in [-0.25, -0.2) is 0 Å². The topological polar surface area (TPSA) is 38.0 Å². The van der Waals surface area contributed by atoms with E-state index in [0.29, 0.717) is 6.04 Å². The van der Waals surface area contributed by atoms with Crippen molar-refractivity contribution in [3.8, 4) is 0 Å². The molecule has 1 aromatic rings. The van der Waals surface area contributed by atoms with Gasteiger partial charge in [0.1, 0.15) is 0 Å². The molecule has 0 aliphatic rings. The third kappa shape index (κ3) is 6.13. The van der Waals surface area contributed by atoms with Crippen molar-refractivity contribution in [2.45, 2.75) is 30.2 Å². The number of hydrogen-bond acceptors (Lipinski definition) is 3. The first-order valence-electron chi connectivity index (χ1n) is 5.71. The lowest BCUT2D eigenvalue weighted by molar-refractivity contribution is 0.522. The molecule has 1 unspecified atom stereocenters. The molecule has 1 aromatic carbocycles. The van der Waals surface area contributed by atoms with Crippen LogP contribution in [0, 0.1) is 0 Å². The van der Waals surface area contributed by atoms with Crippen LogP contribution >= 0.6 is 23.4 Å². The number of benzene rings is 1. The fourth-order valence-corrected chi connectivity index (χ4v) is 2.77. The third-order valence-electron chi connectivity index (χ3n) is 2.44. The molecule has 0 radical (unpaired) electrons. The quantitative estimate of drug-likeness (QED) is 0.249. The Morgan fingerprint density at radius 2 is 2.35 bits per heavy atom. The molecule has 94 valence electrons. The maximum Gasteiger partial charge on any atom is 0.0417 e. The molecule has 0 heterocycles. The number of halogens is 1. The summed E-state index contributed by atoms with van der Waals surface area (Å²) in [6.45, 7) is 3.72. The predicted octanol–water partition coefficient (Wildman–Crippen LogP) is 3.62. The van der Waals surface area contributed by atoms with Gasteiger partial charge in [0.2, 0.25) is 0 Å². The number of nitrogens with two attached hydrogens (primary N) is 1. The van der Waals surface area contributed by atoms with Gasteiger partial charge in [0.25, 0.3) is 0 Å². The minimum atomic E-state index is 0.332. The van der Waals surface area contributed by atoms with Gasteiger partial charge in [0.05, 0.1) is 0 Å². The van der Waals surface area contributed by atoms with Crippen molar-refractivity contribution in [1.82, 2.24) is 5.43 Å². The van der Waals surface area contributed by atoms with Crippen molar-refractivity contribution in [3.05, 3.63) is 41.9 Å². The summed E-state index contributed by atoms with van der Waals surface area (Å²) >= 11 is 7.70. The van der Waals surface area contributed by atoms with E-state index in [1.54, 1.807) is 11.8 Å². The summed E-state index contributed by atoms with van der Waals surface area (Å²) < 4.78 is 0. The molecule has 4 heteroatoms. The zero-order valence-electron chi connectivity index (χ0n) is 9.86. The van der Waals surface area contributed by atoms with Gasteiger partial charge in [-0.2, -0.15) is 0 Å². The molecule has 1 rings (SSSR count). The van der Waals surface area contributed by atoms with Crippen LogP contribution in [0.3, 0.4) is 0 Å². The van der Waals surface area contributed by atoms with Crippen LogP contribution in [-0.2, 0) is 0 Å². The summed E-state index contributed by atoms with van der Waals surface area (Å²) in [7, 11) is 0. The first kappa shape index (κ1) is 14.6. The molecule has 1 atom stereocenters. The highest BCUT2D eigenvalue weighted by Gasteiger charge is 2.06. The molecule has 0 aliphatic carbocycles. The molecule has 3 N–H and O–H groups in total. The number of thioether (sulfide) groups is 1. The molecule has 0 saturated heterocycles. The molecular weight excluding hydrogens is 252 g/mol. The molecule has 0 spiro atoms. The van der Waals surface area contributed by atoms with Gasteiger partial charge in [-0.3, -0.25) is 11.3 Å². The van der Waals surface area contributed by atoms with Crippen LogP contribution in [0.1, 0.15) is 19.3 Å². The Morgan fingerprint density at radius 1 is 1.53 bits per heavy atom. The molecule has 0 fully saturated rings. The van der Waals surface area contributed by atoms with Crippen LogP contribution < -0.4 is 11.3 Å². The summed E-state index contributed by atoms with van der Waals surface area (Å²) in [5, 5.41) is 0.777. The van der Waals surface area contributed by atoms with Crippen molar-refractivity contribution in [3.63, 3.8) is 0 Å². The smallest absolute Gasteiger partial charge is 0.0417 e. The number of unbranched alkanes of at least 4 members (excludes halogenated alkanes) is 1. The van der Waals surface area contributed by atoms with Crippen molar-refractivity contribution in [2.24, 2.45) is 5.84 Å². The number of hydrazine groups is 1. The van der Waals surface area contributed by atoms with Gasteiger partial charge >= 0.3 is 0 Å². The molecule has 0 aliphatic heterocycles. The van der Waals surface area contributed by atoms with E-state index in [1.165, 1.54) is 4.90 Å². The molecule has 0 amide bonds. The molecule has 0 aromatic heterocycles. The normalized spacial score (nSPS) is 12.4. The average Bonchev–Trinajstić information content (AvgIpc) is 2.34. The highest BCUT2D eigenvalue weighted by atomic mass is 35.5. The van der Waals surface area contributed by atoms with Crippen LogP contribution in [0.4, 0.5) is 0 Å². The number of hydrogen-bond donors (Lipinski definition) is 2. The van der Waals surface area contributed by atoms with E-state index in [-0.39, 0.29) is 0 Å². The zero-order valence-corrected chi connectivity index (χ0v) is 11.4. The fraction of sp³-hybridized carbons (Fsp3) is 0.385. The summed E-state index contributed by atoms with van der Waals surface area (Å²) in [6.07, 6.45) is 5.17. The summed E-state index contributed by atoms with van der Waals surface area (Å²) in [5.74, 6) is 6.49. The van der Waals surface area contributed by atoms with Gasteiger partial charge in [0.15, 0.2) is 0 Å². The summed E-state index contributed by atoms with van der Waals surface area (Å²) in [6, 6.07) is 8.22. The SMILES string of the molecule is C=CCCCC(CSc1cccc(Cl)c1)NN. The Hall–Kier alpha value is -0.480. The van der Waals surface area contributed by atoms with E-state index in [2.05, 4.69) is 18.1 Å². The Kier molecular flexibility index (Phi) is 7.37. The maximum absolute atomic E-state index is 5.93. The lowest BCUT2D eigenvalue weighted by Gasteiger charge is -2.14. The van der Waals surface area contributed by atoms with E-state index in [9.17, 15) is 0 Å².